The second-order valence-corrected chi connectivity index (χ2v) is 4.10. The largest absolute Gasteiger partial charge is 0.271 e. The van der Waals surface area contributed by atoms with Gasteiger partial charge in [0.25, 0.3) is 0 Å². The van der Waals surface area contributed by atoms with E-state index in [0.29, 0.717) is 0 Å². The molecule has 0 aliphatic carbocycles. The van der Waals surface area contributed by atoms with Crippen LogP contribution >= 0.6 is 0 Å². The van der Waals surface area contributed by atoms with E-state index in [1.54, 1.807) is 0 Å². The average molecular weight is 239 g/mol. The van der Waals surface area contributed by atoms with Crippen molar-refractivity contribution in [2.45, 2.75) is 25.8 Å². The second kappa shape index (κ2) is 6.15. The van der Waals surface area contributed by atoms with E-state index in [-0.39, 0.29) is 6.04 Å². The predicted molar refractivity (Wildman–Crippen MR) is 74.5 cm³/mol. The molecular formula is C15H17N3. The van der Waals surface area contributed by atoms with Crippen molar-refractivity contribution in [3.63, 3.8) is 0 Å². The van der Waals surface area contributed by atoms with Crippen LogP contribution in [0, 0.1) is 11.8 Å². The molecule has 1 unspecified atom stereocenters. The van der Waals surface area contributed by atoms with E-state index in [1.165, 1.54) is 5.39 Å². The lowest BCUT2D eigenvalue weighted by molar-refractivity contribution is 0.515. The highest BCUT2D eigenvalue weighted by atomic mass is 15.2. The average Bonchev–Trinajstić information content (AvgIpc) is 2.43. The van der Waals surface area contributed by atoms with Crippen molar-refractivity contribution in [1.82, 2.24) is 10.4 Å². The Morgan fingerprint density at radius 3 is 2.94 bits per heavy atom. The van der Waals surface area contributed by atoms with Gasteiger partial charge in [-0.25, -0.2) is 0 Å². The first-order valence-electron chi connectivity index (χ1n) is 6.06. The second-order valence-electron chi connectivity index (χ2n) is 4.10. The normalized spacial score (nSPS) is 11.9. The van der Waals surface area contributed by atoms with Gasteiger partial charge in [0, 0.05) is 18.0 Å². The van der Waals surface area contributed by atoms with Gasteiger partial charge in [0.05, 0.1) is 11.7 Å². The van der Waals surface area contributed by atoms with Crippen LogP contribution in [0.25, 0.3) is 10.8 Å². The minimum absolute atomic E-state index is 0.0388. The maximum Gasteiger partial charge on any atom is 0.0665 e. The third kappa shape index (κ3) is 2.67. The Morgan fingerprint density at radius 1 is 1.33 bits per heavy atom. The first kappa shape index (κ1) is 12.6. The number of hydrogen-bond donors (Lipinski definition) is 2. The fourth-order valence-electron chi connectivity index (χ4n) is 2.06. The fourth-order valence-corrected chi connectivity index (χ4v) is 2.06. The number of hydrogen-bond acceptors (Lipinski definition) is 3. The standard InChI is InChI=1S/C15H17N3/c1-2-3-4-9-14(18-16)15-13-8-6-5-7-12(13)10-11-17-15/h5-8,10-11,14,18H,4,9,16H2,1H3. The van der Waals surface area contributed by atoms with E-state index in [1.807, 2.05) is 31.3 Å². The number of nitrogens with zero attached hydrogens (tertiary/aromatic N) is 1. The Bertz CT molecular complexity index is 576. The quantitative estimate of drug-likeness (QED) is 0.490. The summed E-state index contributed by atoms with van der Waals surface area (Å²) in [6.45, 7) is 1.85. The van der Waals surface area contributed by atoms with Crippen molar-refractivity contribution in [3.8, 4) is 11.8 Å². The number of nitrogens with one attached hydrogen (secondary N) is 1. The zero-order valence-corrected chi connectivity index (χ0v) is 10.5. The van der Waals surface area contributed by atoms with Crippen molar-refractivity contribution in [1.29, 1.82) is 0 Å². The summed E-state index contributed by atoms with van der Waals surface area (Å²) < 4.78 is 0. The van der Waals surface area contributed by atoms with Gasteiger partial charge in [-0.05, 0) is 24.8 Å². The third-order valence-corrected chi connectivity index (χ3v) is 2.97. The van der Waals surface area contributed by atoms with E-state index in [2.05, 4.69) is 34.4 Å². The molecule has 92 valence electrons. The van der Waals surface area contributed by atoms with E-state index >= 15 is 0 Å². The van der Waals surface area contributed by atoms with Gasteiger partial charge in [0.15, 0.2) is 0 Å². The lowest BCUT2D eigenvalue weighted by atomic mass is 10.0. The lowest BCUT2D eigenvalue weighted by Gasteiger charge is -2.16. The summed E-state index contributed by atoms with van der Waals surface area (Å²) in [7, 11) is 0. The van der Waals surface area contributed by atoms with Crippen molar-refractivity contribution in [2.75, 3.05) is 0 Å². The predicted octanol–water partition coefficient (Wildman–Crippen LogP) is 2.54. The van der Waals surface area contributed by atoms with Crippen LogP contribution in [-0.4, -0.2) is 4.98 Å². The summed E-state index contributed by atoms with van der Waals surface area (Å²) in [5, 5.41) is 2.33. The van der Waals surface area contributed by atoms with Gasteiger partial charge < -0.3 is 0 Å². The van der Waals surface area contributed by atoms with Crippen LogP contribution in [0.2, 0.25) is 0 Å². The molecule has 18 heavy (non-hydrogen) atoms. The molecule has 1 aromatic carbocycles. The number of benzene rings is 1. The molecule has 3 heteroatoms. The van der Waals surface area contributed by atoms with Gasteiger partial charge in [0.1, 0.15) is 0 Å². The van der Waals surface area contributed by atoms with Crippen LogP contribution in [0.1, 0.15) is 31.5 Å². The van der Waals surface area contributed by atoms with Crippen molar-refractivity contribution >= 4 is 10.8 Å². The minimum atomic E-state index is 0.0388. The fraction of sp³-hybridized carbons (Fsp3) is 0.267. The molecule has 0 bridgehead atoms. The summed E-state index contributed by atoms with van der Waals surface area (Å²) in [5.74, 6) is 11.6. The van der Waals surface area contributed by atoms with E-state index in [4.69, 9.17) is 5.84 Å². The molecule has 0 saturated heterocycles. The van der Waals surface area contributed by atoms with Crippen LogP contribution < -0.4 is 11.3 Å². The van der Waals surface area contributed by atoms with Crippen LogP contribution in [0.3, 0.4) is 0 Å². The maximum absolute atomic E-state index is 5.64. The number of hydrazine groups is 1. The van der Waals surface area contributed by atoms with E-state index < -0.39 is 0 Å². The van der Waals surface area contributed by atoms with Crippen LogP contribution in [-0.2, 0) is 0 Å². The Kier molecular flexibility index (Phi) is 4.30. The SMILES string of the molecule is CC#CCCC(NN)c1nccc2ccccc12. The first-order valence-corrected chi connectivity index (χ1v) is 6.06. The summed E-state index contributed by atoms with van der Waals surface area (Å²) in [6, 6.07) is 10.3. The summed E-state index contributed by atoms with van der Waals surface area (Å²) >= 11 is 0. The molecule has 3 N–H and O–H groups in total. The van der Waals surface area contributed by atoms with Crippen molar-refractivity contribution in [2.24, 2.45) is 5.84 Å². The number of fused-ring (bicyclic) bond motifs is 1. The number of nitrogens with two attached hydrogens (primary N) is 1. The Labute approximate surface area is 107 Å². The van der Waals surface area contributed by atoms with Crippen LogP contribution in [0.4, 0.5) is 0 Å². The Morgan fingerprint density at radius 2 is 2.17 bits per heavy atom. The topological polar surface area (TPSA) is 50.9 Å². The molecule has 3 nitrogen and oxygen atoms in total. The van der Waals surface area contributed by atoms with Gasteiger partial charge >= 0.3 is 0 Å². The Balaban J connectivity index is 2.34. The summed E-state index contributed by atoms with van der Waals surface area (Å²) in [4.78, 5) is 4.47. The van der Waals surface area contributed by atoms with Crippen molar-refractivity contribution < 1.29 is 0 Å². The molecule has 2 rings (SSSR count). The highest BCUT2D eigenvalue weighted by molar-refractivity contribution is 5.84. The first-order chi connectivity index (χ1) is 8.86. The molecule has 1 aromatic heterocycles. The van der Waals surface area contributed by atoms with E-state index in [0.717, 1.165) is 23.9 Å². The third-order valence-electron chi connectivity index (χ3n) is 2.97. The highest BCUT2D eigenvalue weighted by Gasteiger charge is 2.13. The molecule has 1 atom stereocenters. The number of aromatic nitrogens is 1. The van der Waals surface area contributed by atoms with Crippen molar-refractivity contribution in [3.05, 3.63) is 42.2 Å². The Hall–Kier alpha value is -1.89. The summed E-state index contributed by atoms with van der Waals surface area (Å²) in [6.07, 6.45) is 3.50. The number of rotatable bonds is 4. The van der Waals surface area contributed by atoms with Gasteiger partial charge in [-0.15, -0.1) is 11.8 Å². The van der Waals surface area contributed by atoms with Gasteiger partial charge in [-0.3, -0.25) is 16.3 Å². The number of pyridine rings is 1. The molecule has 0 radical (unpaired) electrons. The molecule has 2 aromatic rings. The lowest BCUT2D eigenvalue weighted by Crippen LogP contribution is -2.28. The minimum Gasteiger partial charge on any atom is -0.271 e. The van der Waals surface area contributed by atoms with Gasteiger partial charge in [-0.2, -0.15) is 0 Å². The highest BCUT2D eigenvalue weighted by Crippen LogP contribution is 2.24. The smallest absolute Gasteiger partial charge is 0.0665 e. The van der Waals surface area contributed by atoms with Gasteiger partial charge in [0.2, 0.25) is 0 Å². The van der Waals surface area contributed by atoms with Crippen LogP contribution in [0.5, 0.6) is 0 Å². The molecule has 0 amide bonds. The molecule has 0 saturated carbocycles. The monoisotopic (exact) mass is 239 g/mol. The van der Waals surface area contributed by atoms with Gasteiger partial charge in [-0.1, -0.05) is 24.3 Å². The summed E-state index contributed by atoms with van der Waals surface area (Å²) in [5.41, 5.74) is 3.83. The zero-order valence-electron chi connectivity index (χ0n) is 10.5. The molecular weight excluding hydrogens is 222 g/mol. The van der Waals surface area contributed by atoms with E-state index in [9.17, 15) is 0 Å². The molecule has 0 fully saturated rings. The van der Waals surface area contributed by atoms with Crippen LogP contribution in [0.15, 0.2) is 36.5 Å². The molecule has 0 aliphatic heterocycles. The molecule has 0 spiro atoms. The zero-order chi connectivity index (χ0) is 12.8. The molecule has 1 heterocycles. The maximum atomic E-state index is 5.64. The molecule has 0 aliphatic rings.